The standard InChI is InChI=1S/C17H18N4O5/c1-9-19-20-15(26-9)8-25-13-4-2-3-10-11(13)7-21(17(10)24)12-5-6-14(22)18-16(12)23/h2-4,12,16,23H,5-8H2,1H3,(H,18,22). The minimum absolute atomic E-state index is 0.105. The van der Waals surface area contributed by atoms with Crippen LogP contribution in [0.4, 0.5) is 0 Å². The van der Waals surface area contributed by atoms with E-state index in [4.69, 9.17) is 9.15 Å². The number of carbonyl (C=O) groups excluding carboxylic acids is 2. The molecule has 1 aromatic heterocycles. The summed E-state index contributed by atoms with van der Waals surface area (Å²) in [6.45, 7) is 2.11. The van der Waals surface area contributed by atoms with Crippen LogP contribution in [0.2, 0.25) is 0 Å². The maximum absolute atomic E-state index is 12.8. The molecule has 1 saturated heterocycles. The lowest BCUT2D eigenvalue weighted by Crippen LogP contribution is -2.55. The molecule has 0 saturated carbocycles. The molecule has 2 amide bonds. The molecule has 2 N–H and O–H groups in total. The number of aromatic nitrogens is 2. The smallest absolute Gasteiger partial charge is 0.255 e. The van der Waals surface area contributed by atoms with E-state index in [1.807, 2.05) is 0 Å². The predicted molar refractivity (Wildman–Crippen MR) is 86.9 cm³/mol. The van der Waals surface area contributed by atoms with Gasteiger partial charge < -0.3 is 24.5 Å². The average Bonchev–Trinajstić information content (AvgIpc) is 3.17. The van der Waals surface area contributed by atoms with E-state index in [9.17, 15) is 14.7 Å². The van der Waals surface area contributed by atoms with Crippen LogP contribution >= 0.6 is 0 Å². The number of ether oxygens (including phenoxy) is 1. The molecule has 9 heteroatoms. The van der Waals surface area contributed by atoms with E-state index >= 15 is 0 Å². The Hall–Kier alpha value is -2.94. The molecule has 9 nitrogen and oxygen atoms in total. The number of hydrogen-bond donors (Lipinski definition) is 2. The Morgan fingerprint density at radius 2 is 2.23 bits per heavy atom. The summed E-state index contributed by atoms with van der Waals surface area (Å²) in [6.07, 6.45) is -0.369. The summed E-state index contributed by atoms with van der Waals surface area (Å²) in [5.74, 6) is 0.975. The monoisotopic (exact) mass is 358 g/mol. The number of piperidine rings is 1. The fourth-order valence-corrected chi connectivity index (χ4v) is 3.36. The number of fused-ring (bicyclic) bond motifs is 1. The van der Waals surface area contributed by atoms with E-state index in [1.165, 1.54) is 0 Å². The molecule has 2 unspecified atom stereocenters. The Morgan fingerprint density at radius 1 is 1.38 bits per heavy atom. The van der Waals surface area contributed by atoms with Gasteiger partial charge >= 0.3 is 0 Å². The zero-order chi connectivity index (χ0) is 18.3. The van der Waals surface area contributed by atoms with Crippen molar-refractivity contribution in [3.8, 4) is 5.75 Å². The minimum Gasteiger partial charge on any atom is -0.483 e. The molecule has 1 fully saturated rings. The van der Waals surface area contributed by atoms with Crippen molar-refractivity contribution in [2.75, 3.05) is 0 Å². The topological polar surface area (TPSA) is 118 Å². The highest BCUT2D eigenvalue weighted by molar-refractivity contribution is 5.99. The second-order valence-electron chi connectivity index (χ2n) is 6.34. The van der Waals surface area contributed by atoms with Gasteiger partial charge in [-0.15, -0.1) is 10.2 Å². The first-order chi connectivity index (χ1) is 12.5. The number of nitrogens with zero attached hydrogens (tertiary/aromatic N) is 3. The number of hydrogen-bond acceptors (Lipinski definition) is 7. The average molecular weight is 358 g/mol. The van der Waals surface area contributed by atoms with Crippen LogP contribution in [0.5, 0.6) is 5.75 Å². The molecule has 2 aliphatic heterocycles. The maximum Gasteiger partial charge on any atom is 0.255 e. The van der Waals surface area contributed by atoms with E-state index < -0.39 is 12.3 Å². The SMILES string of the molecule is Cc1nnc(COc2cccc3c2CN(C2CCC(=O)NC2O)C3=O)o1. The van der Waals surface area contributed by atoms with Gasteiger partial charge in [0, 0.05) is 24.5 Å². The Bertz CT molecular complexity index is 865. The van der Waals surface area contributed by atoms with Crippen molar-refractivity contribution in [2.45, 2.75) is 45.2 Å². The number of amides is 2. The lowest BCUT2D eigenvalue weighted by Gasteiger charge is -2.35. The Labute approximate surface area is 149 Å². The molecule has 0 bridgehead atoms. The zero-order valence-electron chi connectivity index (χ0n) is 14.1. The van der Waals surface area contributed by atoms with Gasteiger partial charge in [-0.1, -0.05) is 6.07 Å². The number of aliphatic hydroxyl groups excluding tert-OH is 1. The zero-order valence-corrected chi connectivity index (χ0v) is 14.1. The van der Waals surface area contributed by atoms with Gasteiger partial charge in [-0.3, -0.25) is 9.59 Å². The second-order valence-corrected chi connectivity index (χ2v) is 6.34. The van der Waals surface area contributed by atoms with Crippen LogP contribution in [0.1, 0.15) is 40.5 Å². The molecule has 0 spiro atoms. The van der Waals surface area contributed by atoms with Gasteiger partial charge in [0.15, 0.2) is 6.61 Å². The van der Waals surface area contributed by atoms with E-state index in [-0.39, 0.29) is 24.8 Å². The van der Waals surface area contributed by atoms with Crippen molar-refractivity contribution in [1.29, 1.82) is 0 Å². The highest BCUT2D eigenvalue weighted by atomic mass is 16.5. The third-order valence-corrected chi connectivity index (χ3v) is 4.61. The predicted octanol–water partition coefficient (Wildman–Crippen LogP) is 0.510. The quantitative estimate of drug-likeness (QED) is 0.817. The molecule has 26 heavy (non-hydrogen) atoms. The molecule has 2 aromatic rings. The summed E-state index contributed by atoms with van der Waals surface area (Å²) in [7, 11) is 0. The summed E-state index contributed by atoms with van der Waals surface area (Å²) < 4.78 is 11.1. The number of carbonyl (C=O) groups is 2. The molecule has 0 aliphatic carbocycles. The number of aryl methyl sites for hydroxylation is 1. The van der Waals surface area contributed by atoms with Gasteiger partial charge in [0.2, 0.25) is 11.8 Å². The summed E-state index contributed by atoms with van der Waals surface area (Å²) in [5.41, 5.74) is 1.28. The Morgan fingerprint density at radius 3 is 2.96 bits per heavy atom. The van der Waals surface area contributed by atoms with Gasteiger partial charge in [-0.25, -0.2) is 0 Å². The Kier molecular flexibility index (Phi) is 4.08. The minimum atomic E-state index is -1.07. The second kappa shape index (κ2) is 6.41. The Balaban J connectivity index is 1.53. The van der Waals surface area contributed by atoms with E-state index in [2.05, 4.69) is 15.5 Å². The van der Waals surface area contributed by atoms with Gasteiger partial charge in [-0.2, -0.15) is 0 Å². The van der Waals surface area contributed by atoms with Gasteiger partial charge in [0.05, 0.1) is 12.6 Å². The van der Waals surface area contributed by atoms with Crippen LogP contribution < -0.4 is 10.1 Å². The molecule has 4 rings (SSSR count). The highest BCUT2D eigenvalue weighted by Crippen LogP contribution is 2.34. The third kappa shape index (κ3) is 2.90. The van der Waals surface area contributed by atoms with Crippen LogP contribution in [-0.4, -0.2) is 44.3 Å². The van der Waals surface area contributed by atoms with Crippen molar-refractivity contribution >= 4 is 11.8 Å². The fraction of sp³-hybridized carbons (Fsp3) is 0.412. The van der Waals surface area contributed by atoms with Crippen LogP contribution in [0.3, 0.4) is 0 Å². The van der Waals surface area contributed by atoms with E-state index in [0.29, 0.717) is 36.1 Å². The van der Waals surface area contributed by atoms with Crippen molar-refractivity contribution in [1.82, 2.24) is 20.4 Å². The first kappa shape index (κ1) is 16.5. The van der Waals surface area contributed by atoms with Crippen molar-refractivity contribution in [3.63, 3.8) is 0 Å². The lowest BCUT2D eigenvalue weighted by molar-refractivity contribution is -0.129. The summed E-state index contributed by atoms with van der Waals surface area (Å²) in [4.78, 5) is 25.7. The van der Waals surface area contributed by atoms with E-state index in [1.54, 1.807) is 30.0 Å². The fourth-order valence-electron chi connectivity index (χ4n) is 3.36. The lowest BCUT2D eigenvalue weighted by atomic mass is 10.0. The van der Waals surface area contributed by atoms with Crippen molar-refractivity contribution in [3.05, 3.63) is 41.1 Å². The van der Waals surface area contributed by atoms with Crippen molar-refractivity contribution in [2.24, 2.45) is 0 Å². The molecule has 136 valence electrons. The number of rotatable bonds is 4. The summed E-state index contributed by atoms with van der Waals surface area (Å²) >= 11 is 0. The number of aliphatic hydroxyl groups is 1. The van der Waals surface area contributed by atoms with Crippen LogP contribution in [0.25, 0.3) is 0 Å². The maximum atomic E-state index is 12.8. The molecule has 1 aromatic carbocycles. The van der Waals surface area contributed by atoms with E-state index in [0.717, 1.165) is 5.56 Å². The van der Waals surface area contributed by atoms with Crippen LogP contribution in [0, 0.1) is 6.92 Å². The van der Waals surface area contributed by atoms with Gasteiger partial charge in [-0.05, 0) is 18.6 Å². The first-order valence-electron chi connectivity index (χ1n) is 8.35. The normalized spacial score (nSPS) is 22.3. The molecule has 3 heterocycles. The summed E-state index contributed by atoms with van der Waals surface area (Å²) in [6, 6.07) is 4.79. The molecule has 0 radical (unpaired) electrons. The van der Waals surface area contributed by atoms with Crippen molar-refractivity contribution < 1.29 is 23.8 Å². The number of nitrogens with one attached hydrogen (secondary N) is 1. The molecule has 2 aliphatic rings. The molecular weight excluding hydrogens is 340 g/mol. The van der Waals surface area contributed by atoms with Crippen LogP contribution in [-0.2, 0) is 17.9 Å². The third-order valence-electron chi connectivity index (χ3n) is 4.61. The first-order valence-corrected chi connectivity index (χ1v) is 8.35. The van der Waals surface area contributed by atoms with Crippen LogP contribution in [0.15, 0.2) is 22.6 Å². The largest absolute Gasteiger partial charge is 0.483 e. The number of benzene rings is 1. The van der Waals surface area contributed by atoms with Gasteiger partial charge in [0.1, 0.15) is 12.0 Å². The van der Waals surface area contributed by atoms with Gasteiger partial charge in [0.25, 0.3) is 11.8 Å². The highest BCUT2D eigenvalue weighted by Gasteiger charge is 2.40. The summed E-state index contributed by atoms with van der Waals surface area (Å²) in [5, 5.41) is 20.2. The molecule has 2 atom stereocenters. The molecular formula is C17H18N4O5.